The first-order valence-corrected chi connectivity index (χ1v) is 12.1. The monoisotopic (exact) mass is 513 g/mol. The fourth-order valence-electron chi connectivity index (χ4n) is 3.29. The second-order valence-electron chi connectivity index (χ2n) is 9.38. The SMILES string of the molecule is CC[C@@H](Cc1ccc(OC)cc1)C(=O)OC[C@H](NC(=O)OC(C)(C)C)C(=O)OCC(=O)c1ccccc1. The predicted octanol–water partition coefficient (Wildman–Crippen LogP) is 4.13. The minimum absolute atomic E-state index is 0.377. The van der Waals surface area contributed by atoms with Gasteiger partial charge in [-0.25, -0.2) is 9.59 Å². The molecule has 2 aromatic rings. The minimum Gasteiger partial charge on any atom is -0.497 e. The number of Topliss-reactive ketones (excluding diaryl/α,β-unsaturated/α-hetero) is 1. The van der Waals surface area contributed by atoms with E-state index in [4.69, 9.17) is 18.9 Å². The van der Waals surface area contributed by atoms with E-state index in [1.54, 1.807) is 70.3 Å². The summed E-state index contributed by atoms with van der Waals surface area (Å²) in [6.45, 7) is 5.86. The zero-order valence-corrected chi connectivity index (χ0v) is 21.9. The van der Waals surface area contributed by atoms with E-state index in [0.29, 0.717) is 24.2 Å². The smallest absolute Gasteiger partial charge is 0.408 e. The Labute approximate surface area is 217 Å². The molecule has 0 aromatic heterocycles. The minimum atomic E-state index is -1.36. The van der Waals surface area contributed by atoms with Gasteiger partial charge in [0.25, 0.3) is 0 Å². The molecule has 1 amide bonds. The Hall–Kier alpha value is -3.88. The van der Waals surface area contributed by atoms with Crippen LogP contribution < -0.4 is 10.1 Å². The molecule has 0 aliphatic rings. The second-order valence-corrected chi connectivity index (χ2v) is 9.38. The van der Waals surface area contributed by atoms with Crippen LogP contribution in [0.2, 0.25) is 0 Å². The maximum atomic E-state index is 12.8. The van der Waals surface area contributed by atoms with Crippen molar-refractivity contribution < 1.29 is 38.1 Å². The summed E-state index contributed by atoms with van der Waals surface area (Å²) in [6.07, 6.45) is 0.0510. The number of alkyl carbamates (subject to hydrolysis) is 1. The number of carbonyl (C=O) groups is 4. The number of amides is 1. The highest BCUT2D eigenvalue weighted by molar-refractivity contribution is 5.98. The zero-order valence-electron chi connectivity index (χ0n) is 21.9. The van der Waals surface area contributed by atoms with Gasteiger partial charge in [-0.1, -0.05) is 49.4 Å². The van der Waals surface area contributed by atoms with Crippen molar-refractivity contribution in [3.05, 3.63) is 65.7 Å². The van der Waals surface area contributed by atoms with E-state index in [0.717, 1.165) is 5.56 Å². The van der Waals surface area contributed by atoms with Crippen LogP contribution >= 0.6 is 0 Å². The third-order valence-electron chi connectivity index (χ3n) is 5.28. The summed E-state index contributed by atoms with van der Waals surface area (Å²) in [5.41, 5.74) is 0.485. The number of benzene rings is 2. The highest BCUT2D eigenvalue weighted by Gasteiger charge is 2.29. The van der Waals surface area contributed by atoms with Crippen LogP contribution in [0.4, 0.5) is 4.79 Å². The molecule has 200 valence electrons. The number of methoxy groups -OCH3 is 1. The zero-order chi connectivity index (χ0) is 27.4. The van der Waals surface area contributed by atoms with Crippen molar-refractivity contribution in [1.29, 1.82) is 0 Å². The van der Waals surface area contributed by atoms with Crippen LogP contribution in [0, 0.1) is 5.92 Å². The summed E-state index contributed by atoms with van der Waals surface area (Å²) in [4.78, 5) is 50.1. The molecule has 0 spiro atoms. The van der Waals surface area contributed by atoms with E-state index < -0.39 is 54.6 Å². The normalized spacial score (nSPS) is 12.6. The average molecular weight is 514 g/mol. The standard InChI is InChI=1S/C28H35NO8/c1-6-20(16-19-12-14-22(34-5)15-13-19)25(31)35-17-23(29-27(33)37-28(2,3)4)26(32)36-18-24(30)21-10-8-7-9-11-21/h7-15,20,23H,6,16-18H2,1-5H3,(H,29,33)/t20-,23-/m0/s1. The third-order valence-corrected chi connectivity index (χ3v) is 5.28. The number of esters is 2. The summed E-state index contributed by atoms with van der Waals surface area (Å²) in [6, 6.07) is 14.3. The van der Waals surface area contributed by atoms with Crippen molar-refractivity contribution in [2.24, 2.45) is 5.92 Å². The van der Waals surface area contributed by atoms with Gasteiger partial charge in [-0.2, -0.15) is 0 Å². The summed E-state index contributed by atoms with van der Waals surface area (Å²) in [5, 5.41) is 2.37. The molecule has 1 N–H and O–H groups in total. The van der Waals surface area contributed by atoms with E-state index >= 15 is 0 Å². The van der Waals surface area contributed by atoms with Gasteiger partial charge in [0.1, 0.15) is 18.0 Å². The number of rotatable bonds is 12. The van der Waals surface area contributed by atoms with Gasteiger partial charge in [0.05, 0.1) is 13.0 Å². The van der Waals surface area contributed by atoms with Gasteiger partial charge in [0, 0.05) is 5.56 Å². The van der Waals surface area contributed by atoms with E-state index in [-0.39, 0.29) is 0 Å². The third kappa shape index (κ3) is 10.3. The van der Waals surface area contributed by atoms with Crippen LogP contribution in [-0.4, -0.2) is 55.8 Å². The lowest BCUT2D eigenvalue weighted by atomic mass is 9.97. The summed E-state index contributed by atoms with van der Waals surface area (Å²) in [7, 11) is 1.57. The lowest BCUT2D eigenvalue weighted by molar-refractivity contribution is -0.154. The molecule has 0 saturated heterocycles. The van der Waals surface area contributed by atoms with Crippen LogP contribution in [0.25, 0.3) is 0 Å². The Balaban J connectivity index is 2.03. The second kappa shape index (κ2) is 14.0. The van der Waals surface area contributed by atoms with Gasteiger partial charge in [0.2, 0.25) is 0 Å². The first-order valence-electron chi connectivity index (χ1n) is 12.1. The summed E-state index contributed by atoms with van der Waals surface area (Å²) >= 11 is 0. The van der Waals surface area contributed by atoms with Gasteiger partial charge in [-0.05, 0) is 51.3 Å². The average Bonchev–Trinajstić information content (AvgIpc) is 2.87. The van der Waals surface area contributed by atoms with Crippen LogP contribution in [-0.2, 0) is 30.2 Å². The Morgan fingerprint density at radius 2 is 1.54 bits per heavy atom. The molecule has 2 atom stereocenters. The van der Waals surface area contributed by atoms with Crippen LogP contribution in [0.3, 0.4) is 0 Å². The molecule has 0 unspecified atom stereocenters. The number of nitrogens with one attached hydrogen (secondary N) is 1. The van der Waals surface area contributed by atoms with E-state index in [1.165, 1.54) is 0 Å². The fraction of sp³-hybridized carbons (Fsp3) is 0.429. The quantitative estimate of drug-likeness (QED) is 0.256. The molecule has 0 aliphatic heterocycles. The number of ether oxygens (including phenoxy) is 4. The topological polar surface area (TPSA) is 117 Å². The maximum absolute atomic E-state index is 12.8. The van der Waals surface area contributed by atoms with Gasteiger partial charge < -0.3 is 24.3 Å². The van der Waals surface area contributed by atoms with Crippen molar-refractivity contribution in [3.8, 4) is 5.75 Å². The van der Waals surface area contributed by atoms with E-state index in [2.05, 4.69) is 5.32 Å². The summed E-state index contributed by atoms with van der Waals surface area (Å²) < 4.78 is 20.9. The lowest BCUT2D eigenvalue weighted by Crippen LogP contribution is -2.47. The van der Waals surface area contributed by atoms with Gasteiger partial charge in [-0.15, -0.1) is 0 Å². The number of hydrogen-bond donors (Lipinski definition) is 1. The van der Waals surface area contributed by atoms with E-state index in [1.807, 2.05) is 19.1 Å². The highest BCUT2D eigenvalue weighted by atomic mass is 16.6. The summed E-state index contributed by atoms with van der Waals surface area (Å²) in [5.74, 6) is -1.62. The molecule has 37 heavy (non-hydrogen) atoms. The Morgan fingerprint density at radius 1 is 0.892 bits per heavy atom. The molecule has 0 bridgehead atoms. The van der Waals surface area contributed by atoms with Crippen LogP contribution in [0.15, 0.2) is 54.6 Å². The molecule has 0 saturated carbocycles. The number of ketones is 1. The number of hydrogen-bond acceptors (Lipinski definition) is 8. The molecule has 0 fully saturated rings. The Kier molecular flexibility index (Phi) is 11.1. The molecule has 2 aromatic carbocycles. The fourth-order valence-corrected chi connectivity index (χ4v) is 3.29. The molecular weight excluding hydrogens is 478 g/mol. The molecule has 0 heterocycles. The largest absolute Gasteiger partial charge is 0.497 e. The molecular formula is C28H35NO8. The van der Waals surface area contributed by atoms with Crippen molar-refractivity contribution in [3.63, 3.8) is 0 Å². The van der Waals surface area contributed by atoms with Crippen LogP contribution in [0.1, 0.15) is 50.0 Å². The molecule has 2 rings (SSSR count). The first-order chi connectivity index (χ1) is 17.5. The Bertz CT molecular complexity index is 1040. The van der Waals surface area contributed by atoms with Crippen LogP contribution in [0.5, 0.6) is 5.75 Å². The van der Waals surface area contributed by atoms with Gasteiger partial charge >= 0.3 is 18.0 Å². The van der Waals surface area contributed by atoms with Gasteiger partial charge in [-0.3, -0.25) is 9.59 Å². The highest BCUT2D eigenvalue weighted by Crippen LogP contribution is 2.18. The maximum Gasteiger partial charge on any atom is 0.408 e. The van der Waals surface area contributed by atoms with Crippen molar-refractivity contribution in [1.82, 2.24) is 5.32 Å². The first kappa shape index (κ1) is 29.4. The Morgan fingerprint density at radius 3 is 2.11 bits per heavy atom. The molecule has 9 heteroatoms. The van der Waals surface area contributed by atoms with Crippen molar-refractivity contribution >= 4 is 23.8 Å². The van der Waals surface area contributed by atoms with Gasteiger partial charge in [0.15, 0.2) is 18.4 Å². The molecule has 0 radical (unpaired) electrons. The lowest BCUT2D eigenvalue weighted by Gasteiger charge is -2.23. The number of carbonyl (C=O) groups excluding carboxylic acids is 4. The van der Waals surface area contributed by atoms with Crippen molar-refractivity contribution in [2.45, 2.75) is 52.2 Å². The molecule has 9 nitrogen and oxygen atoms in total. The van der Waals surface area contributed by atoms with E-state index in [9.17, 15) is 19.2 Å². The molecule has 0 aliphatic carbocycles. The predicted molar refractivity (Wildman–Crippen MR) is 136 cm³/mol. The van der Waals surface area contributed by atoms with Crippen molar-refractivity contribution in [2.75, 3.05) is 20.3 Å².